The maximum absolute atomic E-state index is 12.0. The zero-order chi connectivity index (χ0) is 27.8. The van der Waals surface area contributed by atoms with E-state index in [1.807, 2.05) is 42.5 Å². The molecule has 214 valence electrons. The number of hydrogen-bond donors (Lipinski definition) is 3. The number of benzene rings is 2. The molecule has 1 aliphatic heterocycles. The summed E-state index contributed by atoms with van der Waals surface area (Å²) >= 11 is 0. The molecule has 3 N–H and O–H groups in total. The number of amides is 1. The SMILES string of the molecule is COc1cccc(CNc2nc(NCCOCCOCCNC(=O)c3ccccc3)nc(N3CCOCC3)n2)c1. The van der Waals surface area contributed by atoms with E-state index in [1.54, 1.807) is 19.2 Å². The number of nitrogens with one attached hydrogen (secondary N) is 3. The molecule has 1 aliphatic rings. The Morgan fingerprint density at radius 2 is 1.60 bits per heavy atom. The lowest BCUT2D eigenvalue weighted by Crippen LogP contribution is -2.37. The van der Waals surface area contributed by atoms with Crippen molar-refractivity contribution < 1.29 is 23.7 Å². The fourth-order valence-electron chi connectivity index (χ4n) is 3.88. The number of anilines is 3. The summed E-state index contributed by atoms with van der Waals surface area (Å²) in [4.78, 5) is 27.9. The first-order chi connectivity index (χ1) is 19.7. The van der Waals surface area contributed by atoms with Gasteiger partial charge in [-0.3, -0.25) is 4.79 Å². The number of methoxy groups -OCH3 is 1. The molecule has 1 saturated heterocycles. The van der Waals surface area contributed by atoms with Gasteiger partial charge in [0.2, 0.25) is 17.8 Å². The number of aromatic nitrogens is 3. The van der Waals surface area contributed by atoms with Crippen LogP contribution >= 0.6 is 0 Å². The topological polar surface area (TPSA) is 132 Å². The van der Waals surface area contributed by atoms with Gasteiger partial charge in [-0.15, -0.1) is 0 Å². The first-order valence-corrected chi connectivity index (χ1v) is 13.4. The highest BCUT2D eigenvalue weighted by molar-refractivity contribution is 5.94. The summed E-state index contributed by atoms with van der Waals surface area (Å²) in [6, 6.07) is 16.9. The second-order valence-electron chi connectivity index (χ2n) is 8.86. The minimum absolute atomic E-state index is 0.111. The van der Waals surface area contributed by atoms with E-state index in [2.05, 4.69) is 35.8 Å². The number of ether oxygens (including phenoxy) is 4. The molecular weight excluding hydrogens is 514 g/mol. The highest BCUT2D eigenvalue weighted by Crippen LogP contribution is 2.17. The molecule has 1 fully saturated rings. The average Bonchev–Trinajstić information content (AvgIpc) is 3.01. The van der Waals surface area contributed by atoms with Crippen LogP contribution < -0.4 is 25.6 Å². The zero-order valence-electron chi connectivity index (χ0n) is 22.8. The van der Waals surface area contributed by atoms with E-state index >= 15 is 0 Å². The molecule has 2 heterocycles. The Labute approximate surface area is 234 Å². The van der Waals surface area contributed by atoms with Crippen molar-refractivity contribution in [2.45, 2.75) is 6.54 Å². The molecule has 1 amide bonds. The summed E-state index contributed by atoms with van der Waals surface area (Å²) in [5.41, 5.74) is 1.68. The van der Waals surface area contributed by atoms with Crippen molar-refractivity contribution in [1.82, 2.24) is 20.3 Å². The lowest BCUT2D eigenvalue weighted by molar-refractivity contribution is 0.0519. The van der Waals surface area contributed by atoms with Crippen LogP contribution in [-0.4, -0.2) is 93.8 Å². The number of nitrogens with zero attached hydrogens (tertiary/aromatic N) is 4. The number of morpholine rings is 1. The summed E-state index contributed by atoms with van der Waals surface area (Å²) in [7, 11) is 1.65. The van der Waals surface area contributed by atoms with Crippen LogP contribution in [0.15, 0.2) is 54.6 Å². The number of carbonyl (C=O) groups excluding carboxylic acids is 1. The molecule has 2 aromatic carbocycles. The molecule has 12 heteroatoms. The van der Waals surface area contributed by atoms with Gasteiger partial charge in [-0.2, -0.15) is 15.0 Å². The van der Waals surface area contributed by atoms with Gasteiger partial charge in [-0.05, 0) is 29.8 Å². The predicted octanol–water partition coefficient (Wildman–Crippen LogP) is 2.20. The molecule has 0 atom stereocenters. The van der Waals surface area contributed by atoms with E-state index in [1.165, 1.54) is 0 Å². The van der Waals surface area contributed by atoms with E-state index < -0.39 is 0 Å². The van der Waals surface area contributed by atoms with Gasteiger partial charge in [0, 0.05) is 38.3 Å². The molecule has 0 bridgehead atoms. The summed E-state index contributed by atoms with van der Waals surface area (Å²) in [6.45, 7) is 5.97. The standard InChI is InChI=1S/C28H37N7O5/c1-37-24-9-5-6-22(20-24)21-31-27-32-26(33-28(34-27)35-12-16-40-17-13-35)30-11-15-39-19-18-38-14-10-29-25(36)23-7-3-2-4-8-23/h2-9,20H,10-19,21H2,1H3,(H,29,36)(H2,30,31,32,33,34). The molecule has 0 spiro atoms. The third kappa shape index (κ3) is 9.63. The average molecular weight is 552 g/mol. The Morgan fingerprint density at radius 3 is 2.35 bits per heavy atom. The van der Waals surface area contributed by atoms with Gasteiger partial charge in [0.1, 0.15) is 5.75 Å². The summed E-state index contributed by atoms with van der Waals surface area (Å²) in [5.74, 6) is 2.24. The predicted molar refractivity (Wildman–Crippen MR) is 152 cm³/mol. The lowest BCUT2D eigenvalue weighted by Gasteiger charge is -2.27. The van der Waals surface area contributed by atoms with Gasteiger partial charge in [-0.1, -0.05) is 30.3 Å². The quantitative estimate of drug-likeness (QED) is 0.226. The van der Waals surface area contributed by atoms with Crippen LogP contribution in [0.4, 0.5) is 17.8 Å². The molecule has 0 aliphatic carbocycles. The second-order valence-corrected chi connectivity index (χ2v) is 8.86. The first-order valence-electron chi connectivity index (χ1n) is 13.4. The maximum atomic E-state index is 12.0. The van der Waals surface area contributed by atoms with Crippen molar-refractivity contribution in [2.24, 2.45) is 0 Å². The fourth-order valence-corrected chi connectivity index (χ4v) is 3.88. The van der Waals surface area contributed by atoms with Crippen molar-refractivity contribution in [3.05, 3.63) is 65.7 Å². The summed E-state index contributed by atoms with van der Waals surface area (Å²) in [6.07, 6.45) is 0. The fraction of sp³-hybridized carbons (Fsp3) is 0.429. The minimum atomic E-state index is -0.111. The largest absolute Gasteiger partial charge is 0.497 e. The molecule has 0 radical (unpaired) electrons. The van der Waals surface area contributed by atoms with Gasteiger partial charge in [0.05, 0.1) is 46.8 Å². The first kappa shape index (κ1) is 29.0. The minimum Gasteiger partial charge on any atom is -0.497 e. The van der Waals surface area contributed by atoms with E-state index in [9.17, 15) is 4.79 Å². The van der Waals surface area contributed by atoms with Crippen LogP contribution in [0.25, 0.3) is 0 Å². The van der Waals surface area contributed by atoms with Crippen molar-refractivity contribution in [2.75, 3.05) is 88.5 Å². The third-order valence-electron chi connectivity index (χ3n) is 5.97. The number of rotatable bonds is 16. The highest BCUT2D eigenvalue weighted by atomic mass is 16.5. The molecule has 4 rings (SSSR count). The van der Waals surface area contributed by atoms with Crippen molar-refractivity contribution in [3.8, 4) is 5.75 Å². The van der Waals surface area contributed by atoms with Crippen molar-refractivity contribution in [1.29, 1.82) is 0 Å². The van der Waals surface area contributed by atoms with Crippen LogP contribution in [0.5, 0.6) is 5.75 Å². The third-order valence-corrected chi connectivity index (χ3v) is 5.97. The Hall–Kier alpha value is -4.00. The Bertz CT molecular complexity index is 1180. The van der Waals surface area contributed by atoms with Crippen LogP contribution in [0.1, 0.15) is 15.9 Å². The van der Waals surface area contributed by atoms with Crippen LogP contribution in [0, 0.1) is 0 Å². The van der Waals surface area contributed by atoms with Gasteiger partial charge in [0.15, 0.2) is 0 Å². The molecule has 40 heavy (non-hydrogen) atoms. The monoisotopic (exact) mass is 551 g/mol. The van der Waals surface area contributed by atoms with Crippen LogP contribution in [0.3, 0.4) is 0 Å². The molecule has 0 unspecified atom stereocenters. The van der Waals surface area contributed by atoms with Gasteiger partial charge in [0.25, 0.3) is 5.91 Å². The highest BCUT2D eigenvalue weighted by Gasteiger charge is 2.16. The Morgan fingerprint density at radius 1 is 0.875 bits per heavy atom. The van der Waals surface area contributed by atoms with E-state index in [-0.39, 0.29) is 5.91 Å². The summed E-state index contributed by atoms with van der Waals surface area (Å²) < 4.78 is 22.0. The van der Waals surface area contributed by atoms with E-state index in [0.29, 0.717) is 82.7 Å². The van der Waals surface area contributed by atoms with Gasteiger partial charge < -0.3 is 39.8 Å². The Balaban J connectivity index is 1.17. The lowest BCUT2D eigenvalue weighted by atomic mass is 10.2. The molecule has 1 aromatic heterocycles. The van der Waals surface area contributed by atoms with E-state index in [0.717, 1.165) is 24.4 Å². The van der Waals surface area contributed by atoms with Gasteiger partial charge in [-0.25, -0.2) is 0 Å². The summed E-state index contributed by atoms with van der Waals surface area (Å²) in [5, 5.41) is 9.35. The van der Waals surface area contributed by atoms with Crippen molar-refractivity contribution >= 4 is 23.8 Å². The maximum Gasteiger partial charge on any atom is 0.251 e. The van der Waals surface area contributed by atoms with E-state index in [4.69, 9.17) is 18.9 Å². The number of carbonyl (C=O) groups is 1. The molecular formula is C28H37N7O5. The molecule has 12 nitrogen and oxygen atoms in total. The van der Waals surface area contributed by atoms with Crippen molar-refractivity contribution in [3.63, 3.8) is 0 Å². The molecule has 0 saturated carbocycles. The number of hydrogen-bond acceptors (Lipinski definition) is 11. The molecule has 3 aromatic rings. The smallest absolute Gasteiger partial charge is 0.251 e. The second kappa shape index (κ2) is 16.2. The Kier molecular flexibility index (Phi) is 11.7. The van der Waals surface area contributed by atoms with Crippen LogP contribution in [-0.2, 0) is 20.8 Å². The zero-order valence-corrected chi connectivity index (χ0v) is 22.8. The van der Waals surface area contributed by atoms with Crippen LogP contribution in [0.2, 0.25) is 0 Å². The normalized spacial score (nSPS) is 13.1. The van der Waals surface area contributed by atoms with Gasteiger partial charge >= 0.3 is 0 Å².